The Morgan fingerprint density at radius 3 is 2.75 bits per heavy atom. The molecular formula is C20H25ClN4O3. The van der Waals surface area contributed by atoms with Gasteiger partial charge >= 0.3 is 6.03 Å². The van der Waals surface area contributed by atoms with Crippen LogP contribution in [0.2, 0.25) is 5.02 Å². The Morgan fingerprint density at radius 2 is 2.11 bits per heavy atom. The van der Waals surface area contributed by atoms with Gasteiger partial charge in [0.15, 0.2) is 0 Å². The zero-order valence-corrected chi connectivity index (χ0v) is 16.5. The lowest BCUT2D eigenvalue weighted by Gasteiger charge is -2.38. The van der Waals surface area contributed by atoms with Gasteiger partial charge in [0, 0.05) is 48.0 Å². The van der Waals surface area contributed by atoms with Gasteiger partial charge in [0.05, 0.1) is 19.9 Å². The van der Waals surface area contributed by atoms with Gasteiger partial charge < -0.3 is 25.4 Å². The highest BCUT2D eigenvalue weighted by atomic mass is 35.5. The zero-order chi connectivity index (χ0) is 19.9. The van der Waals surface area contributed by atoms with Crippen LogP contribution in [0.5, 0.6) is 5.75 Å². The van der Waals surface area contributed by atoms with Gasteiger partial charge in [-0.15, -0.1) is 0 Å². The molecule has 150 valence electrons. The van der Waals surface area contributed by atoms with Gasteiger partial charge in [0.2, 0.25) is 0 Å². The number of aromatic nitrogens is 1. The molecule has 0 bridgehead atoms. The van der Waals surface area contributed by atoms with E-state index in [1.165, 1.54) is 0 Å². The van der Waals surface area contributed by atoms with Crippen molar-refractivity contribution in [3.8, 4) is 5.75 Å². The van der Waals surface area contributed by atoms with Crippen molar-refractivity contribution in [1.82, 2.24) is 15.2 Å². The van der Waals surface area contributed by atoms with E-state index in [-0.39, 0.29) is 24.6 Å². The monoisotopic (exact) mass is 404 g/mol. The molecule has 2 aromatic rings. The Balaban J connectivity index is 1.70. The number of nitrogens with zero attached hydrogens (tertiary/aromatic N) is 2. The van der Waals surface area contributed by atoms with Crippen molar-refractivity contribution in [1.29, 1.82) is 0 Å². The zero-order valence-electron chi connectivity index (χ0n) is 15.8. The van der Waals surface area contributed by atoms with E-state index in [1.807, 2.05) is 12.1 Å². The molecule has 1 fully saturated rings. The number of methoxy groups -OCH3 is 1. The van der Waals surface area contributed by atoms with Crippen molar-refractivity contribution < 1.29 is 14.6 Å². The summed E-state index contributed by atoms with van der Waals surface area (Å²) in [5.41, 5.74) is 1.57. The first kappa shape index (κ1) is 20.4. The van der Waals surface area contributed by atoms with E-state index >= 15 is 0 Å². The second-order valence-electron chi connectivity index (χ2n) is 6.75. The quantitative estimate of drug-likeness (QED) is 0.689. The lowest BCUT2D eigenvalue weighted by Crippen LogP contribution is -2.51. The molecule has 1 aromatic heterocycles. The van der Waals surface area contributed by atoms with Crippen LogP contribution in [-0.2, 0) is 0 Å². The number of halogens is 1. The SMILES string of the molecule is COc1ccc(C2CN(CCO)CCC2NC(=O)Nc2ccc(Cl)cc2)nc1. The summed E-state index contributed by atoms with van der Waals surface area (Å²) in [7, 11) is 1.60. The first-order chi connectivity index (χ1) is 13.6. The van der Waals surface area contributed by atoms with E-state index < -0.39 is 0 Å². The van der Waals surface area contributed by atoms with Gasteiger partial charge in [-0.25, -0.2) is 4.79 Å². The number of aliphatic hydroxyl groups is 1. The lowest BCUT2D eigenvalue weighted by atomic mass is 9.89. The van der Waals surface area contributed by atoms with E-state index in [4.69, 9.17) is 16.3 Å². The van der Waals surface area contributed by atoms with Crippen molar-refractivity contribution in [3.05, 3.63) is 53.3 Å². The molecule has 3 rings (SSSR count). The van der Waals surface area contributed by atoms with E-state index in [9.17, 15) is 9.90 Å². The van der Waals surface area contributed by atoms with E-state index in [1.54, 1.807) is 37.6 Å². The second kappa shape index (κ2) is 9.73. The van der Waals surface area contributed by atoms with Crippen molar-refractivity contribution in [2.45, 2.75) is 18.4 Å². The summed E-state index contributed by atoms with van der Waals surface area (Å²) < 4.78 is 5.19. The molecule has 2 atom stereocenters. The molecule has 1 aromatic carbocycles. The van der Waals surface area contributed by atoms with Crippen molar-refractivity contribution in [2.24, 2.45) is 0 Å². The fourth-order valence-corrected chi connectivity index (χ4v) is 3.56. The molecule has 1 aliphatic rings. The van der Waals surface area contributed by atoms with Gasteiger partial charge in [-0.2, -0.15) is 0 Å². The number of ether oxygens (including phenoxy) is 1. The third-order valence-electron chi connectivity index (χ3n) is 4.91. The minimum Gasteiger partial charge on any atom is -0.495 e. The van der Waals surface area contributed by atoms with E-state index in [0.29, 0.717) is 29.5 Å². The summed E-state index contributed by atoms with van der Waals surface area (Å²) in [5, 5.41) is 15.8. The molecule has 0 saturated carbocycles. The molecule has 28 heavy (non-hydrogen) atoms. The molecule has 0 spiro atoms. The highest BCUT2D eigenvalue weighted by Crippen LogP contribution is 2.27. The maximum absolute atomic E-state index is 12.5. The number of hydrogen-bond acceptors (Lipinski definition) is 5. The third kappa shape index (κ3) is 5.34. The smallest absolute Gasteiger partial charge is 0.319 e. The number of pyridine rings is 1. The van der Waals surface area contributed by atoms with Gasteiger partial charge in [0.1, 0.15) is 5.75 Å². The highest BCUT2D eigenvalue weighted by molar-refractivity contribution is 6.30. The highest BCUT2D eigenvalue weighted by Gasteiger charge is 2.32. The number of carbonyl (C=O) groups is 1. The summed E-state index contributed by atoms with van der Waals surface area (Å²) in [5.74, 6) is 0.707. The molecule has 8 heteroatoms. The van der Waals surface area contributed by atoms with Crippen LogP contribution in [-0.4, -0.2) is 60.4 Å². The fourth-order valence-electron chi connectivity index (χ4n) is 3.44. The molecule has 2 heterocycles. The predicted molar refractivity (Wildman–Crippen MR) is 109 cm³/mol. The first-order valence-corrected chi connectivity index (χ1v) is 9.63. The van der Waals surface area contributed by atoms with Gasteiger partial charge in [-0.05, 0) is 42.8 Å². The van der Waals surface area contributed by atoms with Crippen molar-refractivity contribution in [2.75, 3.05) is 38.7 Å². The molecule has 1 saturated heterocycles. The van der Waals surface area contributed by atoms with Crippen LogP contribution in [0.1, 0.15) is 18.0 Å². The van der Waals surface area contributed by atoms with Crippen molar-refractivity contribution in [3.63, 3.8) is 0 Å². The minimum absolute atomic E-state index is 0.0159. The topological polar surface area (TPSA) is 86.7 Å². The Bertz CT molecular complexity index is 770. The third-order valence-corrected chi connectivity index (χ3v) is 5.16. The standard InChI is InChI=1S/C20H25ClN4O3/c1-28-16-6-7-18(22-12-16)17-13-25(10-11-26)9-8-19(17)24-20(27)23-15-4-2-14(21)3-5-15/h2-7,12,17,19,26H,8-11,13H2,1H3,(H2,23,24,27). The summed E-state index contributed by atoms with van der Waals surface area (Å²) in [6.07, 6.45) is 2.46. The number of aliphatic hydroxyl groups excluding tert-OH is 1. The van der Waals surface area contributed by atoms with E-state index in [0.717, 1.165) is 18.7 Å². The fraction of sp³-hybridized carbons (Fsp3) is 0.400. The number of nitrogens with one attached hydrogen (secondary N) is 2. The number of benzene rings is 1. The number of piperidine rings is 1. The summed E-state index contributed by atoms with van der Waals surface area (Å²) in [6, 6.07) is 10.5. The molecule has 1 aliphatic heterocycles. The largest absolute Gasteiger partial charge is 0.495 e. The number of anilines is 1. The van der Waals surface area contributed by atoms with Crippen LogP contribution in [0.3, 0.4) is 0 Å². The number of amides is 2. The molecule has 0 radical (unpaired) electrons. The maximum Gasteiger partial charge on any atom is 0.319 e. The average molecular weight is 405 g/mol. The molecular weight excluding hydrogens is 380 g/mol. The lowest BCUT2D eigenvalue weighted by molar-refractivity contribution is 0.141. The summed E-state index contributed by atoms with van der Waals surface area (Å²) in [4.78, 5) is 19.2. The second-order valence-corrected chi connectivity index (χ2v) is 7.19. The van der Waals surface area contributed by atoms with Crippen LogP contribution in [0.4, 0.5) is 10.5 Å². The molecule has 0 aliphatic carbocycles. The number of carbonyl (C=O) groups excluding carboxylic acids is 1. The Labute approximate surface area is 169 Å². The van der Waals surface area contributed by atoms with Crippen LogP contribution >= 0.6 is 11.6 Å². The van der Waals surface area contributed by atoms with Crippen LogP contribution < -0.4 is 15.4 Å². The number of hydrogen-bond donors (Lipinski definition) is 3. The van der Waals surface area contributed by atoms with Crippen LogP contribution in [0.25, 0.3) is 0 Å². The van der Waals surface area contributed by atoms with Gasteiger partial charge in [-0.3, -0.25) is 4.98 Å². The average Bonchev–Trinajstić information content (AvgIpc) is 2.71. The molecule has 2 amide bonds. The Morgan fingerprint density at radius 1 is 1.32 bits per heavy atom. The molecule has 3 N–H and O–H groups in total. The van der Waals surface area contributed by atoms with Crippen molar-refractivity contribution >= 4 is 23.3 Å². The van der Waals surface area contributed by atoms with Crippen LogP contribution in [0.15, 0.2) is 42.6 Å². The summed E-state index contributed by atoms with van der Waals surface area (Å²) in [6.45, 7) is 2.24. The number of likely N-dealkylation sites (tertiary alicyclic amines) is 1. The Kier molecular flexibility index (Phi) is 7.08. The maximum atomic E-state index is 12.5. The predicted octanol–water partition coefficient (Wildman–Crippen LogP) is 2.72. The minimum atomic E-state index is -0.263. The number of urea groups is 1. The normalized spacial score (nSPS) is 19.8. The molecule has 7 nitrogen and oxygen atoms in total. The summed E-state index contributed by atoms with van der Waals surface area (Å²) >= 11 is 5.89. The Hall–Kier alpha value is -2.35. The van der Waals surface area contributed by atoms with Gasteiger partial charge in [0.25, 0.3) is 0 Å². The first-order valence-electron chi connectivity index (χ1n) is 9.25. The number of rotatable bonds is 6. The van der Waals surface area contributed by atoms with Gasteiger partial charge in [-0.1, -0.05) is 11.6 Å². The van der Waals surface area contributed by atoms with E-state index in [2.05, 4.69) is 20.5 Å². The molecule has 2 unspecified atom stereocenters. The van der Waals surface area contributed by atoms with Crippen LogP contribution in [0, 0.1) is 0 Å². The number of β-amino-alcohol motifs (C(OH)–C–C–N with tert-alkyl or cyclic N) is 1.